The van der Waals surface area contributed by atoms with Gasteiger partial charge in [0.2, 0.25) is 11.8 Å². The molecule has 6 atom stereocenters. The molecule has 4 amide bonds. The number of likely N-dealkylation sites (tertiary alicyclic amines) is 2. The van der Waals surface area contributed by atoms with Gasteiger partial charge in [-0.25, -0.2) is 14.0 Å². The summed E-state index contributed by atoms with van der Waals surface area (Å²) in [5.41, 5.74) is 13.8. The number of alkyl carbamates (subject to hydrolysis) is 2. The highest BCUT2D eigenvalue weighted by Crippen LogP contribution is 2.49. The first kappa shape index (κ1) is 42.6. The lowest BCUT2D eigenvalue weighted by Gasteiger charge is -2.34. The molecule has 0 bridgehead atoms. The quantitative estimate of drug-likeness (QED) is 0.185. The molecule has 0 spiro atoms. The van der Waals surface area contributed by atoms with Gasteiger partial charge in [0.25, 0.3) is 0 Å². The van der Waals surface area contributed by atoms with Gasteiger partial charge in [0.1, 0.15) is 18.4 Å². The topological polar surface area (TPSA) is 167 Å². The van der Waals surface area contributed by atoms with E-state index in [4.69, 9.17) is 10.5 Å². The highest BCUT2D eigenvalue weighted by atomic mass is 19.1. The van der Waals surface area contributed by atoms with Gasteiger partial charge in [-0.3, -0.25) is 9.59 Å². The standard InChI is InChI=1S/C45H56FN7O6/c1-9-34(39-16-25(4)23-52(39)40(54)22-48-44(56)58-7)50-36-19-29(18-33(46)26(36)5)11-10-28-12-14-32-30(17-28)13-15-35(41(32)47)49-27(6)37-20-31-21-38(31)53(37)43(55)42(24(2)3)51-45(57)59-8/h9,12,14,17-19,24-25,31,37-39,42,49-50H,6,13,15-16,20-23,47H2,1-5,7-8H3,(H,48,56)(H,51,57)/b34-9+/t25?,31-,37-,38+,39-,42-/m0/s1. The van der Waals surface area contributed by atoms with E-state index in [9.17, 15) is 19.2 Å². The molecule has 0 aromatic heterocycles. The molecule has 6 N–H and O–H groups in total. The van der Waals surface area contributed by atoms with Crippen LogP contribution in [0.1, 0.15) is 81.2 Å². The third kappa shape index (κ3) is 9.35. The molecule has 4 aliphatic rings. The first-order valence-electron chi connectivity index (χ1n) is 20.2. The average molecular weight is 810 g/mol. The molecule has 2 aromatic carbocycles. The van der Waals surface area contributed by atoms with Crippen LogP contribution in [0.3, 0.4) is 0 Å². The van der Waals surface area contributed by atoms with E-state index < -0.39 is 24.0 Å². The normalized spacial score (nSPS) is 22.4. The van der Waals surface area contributed by atoms with Crippen LogP contribution in [0.25, 0.3) is 5.70 Å². The Kier molecular flexibility index (Phi) is 12.9. The summed E-state index contributed by atoms with van der Waals surface area (Å²) in [5.74, 6) is 6.06. The van der Waals surface area contributed by atoms with Gasteiger partial charge in [-0.05, 0) is 93.5 Å². The fourth-order valence-corrected chi connectivity index (χ4v) is 8.52. The fourth-order valence-electron chi connectivity index (χ4n) is 8.52. The van der Waals surface area contributed by atoms with Crippen molar-refractivity contribution < 1.29 is 33.0 Å². The number of nitrogens with one attached hydrogen (secondary N) is 4. The Labute approximate surface area is 346 Å². The molecule has 314 valence electrons. The van der Waals surface area contributed by atoms with Crippen molar-refractivity contribution in [2.24, 2.45) is 23.5 Å². The SMILES string of the molecule is C=C(NC1=C(N)c2ccc(C#Cc3cc(F)c(C)c(N/C(=C/C)[C@@H]4CC(C)CN4C(=O)CNC(=O)OC)c3)cc2CC1)[C@@H]1C[C@H]2C[C@H]2N1C(=O)[C@@H](NC(=O)OC)C(C)C. The summed E-state index contributed by atoms with van der Waals surface area (Å²) in [6.45, 7) is 14.1. The van der Waals surface area contributed by atoms with Crippen molar-refractivity contribution >= 4 is 35.4 Å². The van der Waals surface area contributed by atoms with Gasteiger partial charge in [0.05, 0.1) is 32.0 Å². The van der Waals surface area contributed by atoms with Crippen molar-refractivity contribution in [3.63, 3.8) is 0 Å². The minimum Gasteiger partial charge on any atom is -0.453 e. The molecule has 2 aliphatic carbocycles. The van der Waals surface area contributed by atoms with Crippen LogP contribution in [-0.2, 0) is 25.5 Å². The van der Waals surface area contributed by atoms with E-state index in [1.54, 1.807) is 11.8 Å². The van der Waals surface area contributed by atoms with E-state index in [-0.39, 0.29) is 48.3 Å². The number of methoxy groups -OCH3 is 2. The van der Waals surface area contributed by atoms with Gasteiger partial charge < -0.3 is 46.3 Å². The molecule has 2 aliphatic heterocycles. The number of hydrogen-bond donors (Lipinski definition) is 5. The van der Waals surface area contributed by atoms with Gasteiger partial charge in [0.15, 0.2) is 0 Å². The monoisotopic (exact) mass is 809 g/mol. The lowest BCUT2D eigenvalue weighted by atomic mass is 9.91. The molecule has 1 saturated carbocycles. The van der Waals surface area contributed by atoms with E-state index >= 15 is 4.39 Å². The average Bonchev–Trinajstić information content (AvgIpc) is 3.70. The molecular weight excluding hydrogens is 754 g/mol. The second kappa shape index (κ2) is 17.9. The Morgan fingerprint density at radius 1 is 1.00 bits per heavy atom. The lowest BCUT2D eigenvalue weighted by Crippen LogP contribution is -2.54. The number of halogens is 1. The number of amides is 4. The summed E-state index contributed by atoms with van der Waals surface area (Å²) < 4.78 is 24.8. The van der Waals surface area contributed by atoms with Crippen LogP contribution in [0, 0.1) is 42.3 Å². The Morgan fingerprint density at radius 3 is 2.42 bits per heavy atom. The minimum atomic E-state index is -0.712. The van der Waals surface area contributed by atoms with Crippen LogP contribution in [0.4, 0.5) is 19.7 Å². The number of aryl methyl sites for hydroxylation is 1. The maximum Gasteiger partial charge on any atom is 0.407 e. The zero-order valence-electron chi connectivity index (χ0n) is 35.0. The van der Waals surface area contributed by atoms with Gasteiger partial charge in [-0.15, -0.1) is 0 Å². The van der Waals surface area contributed by atoms with E-state index in [1.165, 1.54) is 20.3 Å². The third-order valence-electron chi connectivity index (χ3n) is 11.9. The molecule has 59 heavy (non-hydrogen) atoms. The molecule has 2 heterocycles. The smallest absolute Gasteiger partial charge is 0.407 e. The number of hydrogen-bond acceptors (Lipinski definition) is 9. The molecule has 2 aromatic rings. The Hall–Kier alpha value is -5.97. The summed E-state index contributed by atoms with van der Waals surface area (Å²) in [6.07, 6.45) is 4.36. The number of carbonyl (C=O) groups excluding carboxylic acids is 4. The summed E-state index contributed by atoms with van der Waals surface area (Å²) >= 11 is 0. The highest BCUT2D eigenvalue weighted by molar-refractivity contribution is 5.87. The van der Waals surface area contributed by atoms with Crippen molar-refractivity contribution in [2.75, 3.05) is 32.6 Å². The van der Waals surface area contributed by atoms with E-state index in [0.717, 1.165) is 40.9 Å². The van der Waals surface area contributed by atoms with Crippen LogP contribution >= 0.6 is 0 Å². The Morgan fingerprint density at radius 2 is 1.73 bits per heavy atom. The van der Waals surface area contributed by atoms with Crippen LogP contribution in [-0.4, -0.2) is 85.3 Å². The lowest BCUT2D eigenvalue weighted by molar-refractivity contribution is -0.135. The largest absolute Gasteiger partial charge is 0.453 e. The number of fused-ring (bicyclic) bond motifs is 2. The predicted molar refractivity (Wildman–Crippen MR) is 224 cm³/mol. The van der Waals surface area contributed by atoms with E-state index in [0.29, 0.717) is 59.9 Å². The first-order valence-corrected chi connectivity index (χ1v) is 20.2. The zero-order chi connectivity index (χ0) is 42.7. The minimum absolute atomic E-state index is 0.127. The van der Waals surface area contributed by atoms with Gasteiger partial charge in [-0.2, -0.15) is 0 Å². The van der Waals surface area contributed by atoms with Crippen molar-refractivity contribution in [1.29, 1.82) is 0 Å². The van der Waals surface area contributed by atoms with E-state index in [1.807, 2.05) is 56.0 Å². The van der Waals surface area contributed by atoms with Crippen molar-refractivity contribution in [2.45, 2.75) is 90.9 Å². The second-order valence-corrected chi connectivity index (χ2v) is 16.3. The van der Waals surface area contributed by atoms with Crippen molar-refractivity contribution in [3.05, 3.63) is 93.7 Å². The molecule has 0 radical (unpaired) electrons. The first-order chi connectivity index (χ1) is 28.1. The number of allylic oxidation sites excluding steroid dienone is 2. The molecule has 1 unspecified atom stereocenters. The Bertz CT molecular complexity index is 2150. The van der Waals surface area contributed by atoms with Gasteiger partial charge in [-0.1, -0.05) is 51.3 Å². The second-order valence-electron chi connectivity index (χ2n) is 16.3. The maximum atomic E-state index is 15.4. The zero-order valence-corrected chi connectivity index (χ0v) is 35.0. The molecule has 13 nitrogen and oxygen atoms in total. The highest BCUT2D eigenvalue weighted by Gasteiger charge is 2.56. The number of nitrogens with zero attached hydrogens (tertiary/aromatic N) is 2. The molecule has 3 fully saturated rings. The number of piperidine rings is 1. The van der Waals surface area contributed by atoms with Crippen molar-refractivity contribution in [1.82, 2.24) is 25.8 Å². The fraction of sp³-hybridized carbons (Fsp3) is 0.467. The number of carbonyl (C=O) groups is 4. The summed E-state index contributed by atoms with van der Waals surface area (Å²) in [6, 6.07) is 7.98. The molecule has 14 heteroatoms. The third-order valence-corrected chi connectivity index (χ3v) is 11.9. The maximum absolute atomic E-state index is 15.4. The molecular formula is C45H56FN7O6. The molecule has 6 rings (SSSR count). The number of rotatable bonds is 11. The van der Waals surface area contributed by atoms with Crippen LogP contribution in [0.5, 0.6) is 0 Å². The van der Waals surface area contributed by atoms with Crippen molar-refractivity contribution in [3.8, 4) is 11.8 Å². The van der Waals surface area contributed by atoms with E-state index in [2.05, 4.69) is 51.3 Å². The predicted octanol–water partition coefficient (Wildman–Crippen LogP) is 5.49. The Balaban J connectivity index is 1.14. The summed E-state index contributed by atoms with van der Waals surface area (Å²) in [4.78, 5) is 54.2. The molecule has 2 saturated heterocycles. The van der Waals surface area contributed by atoms with Crippen LogP contribution in [0.2, 0.25) is 0 Å². The number of nitrogens with two attached hydrogens (primary N) is 1. The van der Waals surface area contributed by atoms with Gasteiger partial charge in [0, 0.05) is 57.6 Å². The van der Waals surface area contributed by atoms with Crippen LogP contribution in [0.15, 0.2) is 60.1 Å². The number of anilines is 1. The number of ether oxygens (including phenoxy) is 2. The van der Waals surface area contributed by atoms with Gasteiger partial charge >= 0.3 is 12.2 Å². The summed E-state index contributed by atoms with van der Waals surface area (Å²) in [5, 5.41) is 12.0. The summed E-state index contributed by atoms with van der Waals surface area (Å²) in [7, 11) is 2.53. The number of benzene rings is 2. The van der Waals surface area contributed by atoms with Crippen LogP contribution < -0.4 is 27.0 Å².